The van der Waals surface area contributed by atoms with Gasteiger partial charge in [-0.3, -0.25) is 4.79 Å². The highest BCUT2D eigenvalue weighted by Gasteiger charge is 2.38. The molecule has 50 heavy (non-hydrogen) atoms. The zero-order chi connectivity index (χ0) is 32.7. The topological polar surface area (TPSA) is 139 Å². The average molecular weight is 715 g/mol. The maximum atomic E-state index is 13.3. The predicted molar refractivity (Wildman–Crippen MR) is 209 cm³/mol. The molecule has 5 rings (SSSR count). The largest absolute Gasteiger partial charge is 0.462 e. The molecule has 0 bridgehead atoms. The number of carbonyl (C=O) groups is 1. The van der Waals surface area contributed by atoms with E-state index in [2.05, 4.69) is 13.8 Å². The molecule has 300 valence electrons. The van der Waals surface area contributed by atoms with Crippen LogP contribution in [0.25, 0.3) is 0 Å². The van der Waals surface area contributed by atoms with Gasteiger partial charge in [-0.2, -0.15) is 0 Å². The second kappa shape index (κ2) is 24.6. The number of ether oxygens (including phenoxy) is 3. The van der Waals surface area contributed by atoms with Gasteiger partial charge in [0.2, 0.25) is 0 Å². The SMILES string of the molecule is CCCCCC1CCC(C2CCC(OCOC3(COC(=O)C4CCC(C5CCC(CCCCC)CC5)CC4)CCCCC3)CC2)CC1.O.O.O.[HH].[HH]. The van der Waals surface area contributed by atoms with E-state index in [9.17, 15) is 4.79 Å². The van der Waals surface area contributed by atoms with Crippen LogP contribution >= 0.6 is 0 Å². The smallest absolute Gasteiger partial charge is 0.309 e. The first kappa shape index (κ1) is 45.4. The van der Waals surface area contributed by atoms with Crippen LogP contribution in [0.2, 0.25) is 0 Å². The minimum atomic E-state index is -0.339. The van der Waals surface area contributed by atoms with Crippen LogP contribution < -0.4 is 0 Å². The lowest BCUT2D eigenvalue weighted by Crippen LogP contribution is -2.42. The summed E-state index contributed by atoms with van der Waals surface area (Å²) in [7, 11) is 0. The normalized spacial score (nSPS) is 32.8. The summed E-state index contributed by atoms with van der Waals surface area (Å²) in [6.45, 7) is 5.42. The molecule has 0 aliphatic heterocycles. The van der Waals surface area contributed by atoms with Gasteiger partial charge in [0, 0.05) is 2.85 Å². The lowest BCUT2D eigenvalue weighted by molar-refractivity contribution is -0.201. The number of rotatable bonds is 17. The van der Waals surface area contributed by atoms with Crippen LogP contribution in [0.15, 0.2) is 0 Å². The summed E-state index contributed by atoms with van der Waals surface area (Å²) in [5.41, 5.74) is -0.339. The van der Waals surface area contributed by atoms with Crippen molar-refractivity contribution in [1.29, 1.82) is 0 Å². The molecule has 0 saturated heterocycles. The van der Waals surface area contributed by atoms with Gasteiger partial charge in [-0.15, -0.1) is 0 Å². The summed E-state index contributed by atoms with van der Waals surface area (Å²) in [5, 5.41) is 0. The molecule has 0 atom stereocenters. The molecule has 7 heteroatoms. The van der Waals surface area contributed by atoms with E-state index in [1.54, 1.807) is 0 Å². The van der Waals surface area contributed by atoms with Gasteiger partial charge in [-0.25, -0.2) is 0 Å². The molecule has 0 spiro atoms. The Kier molecular flexibility index (Phi) is 22.3. The van der Waals surface area contributed by atoms with Crippen LogP contribution in [0.5, 0.6) is 0 Å². The highest BCUT2D eigenvalue weighted by atomic mass is 16.7. The second-order valence-electron chi connectivity index (χ2n) is 17.5. The molecule has 0 amide bonds. The third-order valence-electron chi connectivity index (χ3n) is 14.3. The third kappa shape index (κ3) is 14.3. The molecule has 5 aliphatic carbocycles. The van der Waals surface area contributed by atoms with Crippen molar-refractivity contribution >= 4 is 5.97 Å². The van der Waals surface area contributed by atoms with Crippen LogP contribution in [0.3, 0.4) is 0 Å². The number of carbonyl (C=O) groups excluding carboxylic acids is 1. The van der Waals surface area contributed by atoms with Crippen molar-refractivity contribution in [2.24, 2.45) is 41.4 Å². The van der Waals surface area contributed by atoms with Crippen LogP contribution in [-0.4, -0.2) is 47.5 Å². The van der Waals surface area contributed by atoms with Gasteiger partial charge < -0.3 is 30.6 Å². The Balaban J connectivity index is 0.00000520. The first-order valence-corrected chi connectivity index (χ1v) is 21.5. The fraction of sp³-hybridized carbons (Fsp3) is 0.977. The highest BCUT2D eigenvalue weighted by Crippen LogP contribution is 2.44. The Morgan fingerprint density at radius 3 is 1.48 bits per heavy atom. The molecule has 0 radical (unpaired) electrons. The van der Waals surface area contributed by atoms with Gasteiger partial charge >= 0.3 is 5.97 Å². The van der Waals surface area contributed by atoms with Crippen molar-refractivity contribution in [3.8, 4) is 0 Å². The highest BCUT2D eigenvalue weighted by molar-refractivity contribution is 5.72. The van der Waals surface area contributed by atoms with Gasteiger partial charge in [0.1, 0.15) is 19.0 Å². The number of esters is 1. The lowest BCUT2D eigenvalue weighted by atomic mass is 9.68. The standard InChI is InChI=1S/C43H76O4.3H2O.2H2/c1-3-5-8-12-34-14-18-36(19-15-34)38-22-24-40(25-23-38)42(44)45-32-43(30-10-7-11-31-43)47-33-46-41-28-26-39(27-29-41)37-20-16-35(17-21-37)13-9-6-4-2;;;;;/h34-41H,3-33H2,1-2H3;3*1H2;2*1H. The van der Waals surface area contributed by atoms with Gasteiger partial charge in [0.05, 0.1) is 12.0 Å². The Bertz CT molecular complexity index is 856. The zero-order valence-corrected chi connectivity index (χ0v) is 32.7. The Hall–Kier alpha value is -0.730. The van der Waals surface area contributed by atoms with Crippen LogP contribution in [0.4, 0.5) is 0 Å². The maximum Gasteiger partial charge on any atom is 0.309 e. The summed E-state index contributed by atoms with van der Waals surface area (Å²) in [4.78, 5) is 13.3. The molecule has 5 aliphatic rings. The molecule has 0 unspecified atom stereocenters. The monoisotopic (exact) mass is 715 g/mol. The van der Waals surface area contributed by atoms with Gasteiger partial charge in [-0.1, -0.05) is 110 Å². The average Bonchev–Trinajstić information content (AvgIpc) is 3.12. The molecular weight excluding hydrogens is 628 g/mol. The molecule has 0 aromatic heterocycles. The van der Waals surface area contributed by atoms with Crippen molar-refractivity contribution in [2.45, 2.75) is 212 Å². The molecule has 0 aromatic rings. The summed E-state index contributed by atoms with van der Waals surface area (Å²) in [6.07, 6.45) is 38.4. The van der Waals surface area contributed by atoms with E-state index in [1.807, 2.05) is 0 Å². The molecule has 5 fully saturated rings. The number of unbranched alkanes of at least 4 members (excludes halogenated alkanes) is 4. The lowest BCUT2D eigenvalue weighted by Gasteiger charge is -2.39. The minimum absolute atomic E-state index is 0. The first-order chi connectivity index (χ1) is 23.1. The summed E-state index contributed by atoms with van der Waals surface area (Å²) >= 11 is 0. The van der Waals surface area contributed by atoms with Crippen molar-refractivity contribution in [2.75, 3.05) is 13.4 Å². The van der Waals surface area contributed by atoms with Crippen LogP contribution in [0.1, 0.15) is 203 Å². The number of hydrogen-bond donors (Lipinski definition) is 0. The van der Waals surface area contributed by atoms with Gasteiger partial charge in [-0.05, 0) is 125 Å². The van der Waals surface area contributed by atoms with Gasteiger partial charge in [0.25, 0.3) is 0 Å². The molecule has 6 N–H and O–H groups in total. The molecule has 0 aromatic carbocycles. The third-order valence-corrected chi connectivity index (χ3v) is 14.3. The molecular formula is C43H86O7. The molecule has 5 saturated carbocycles. The quantitative estimate of drug-likeness (QED) is 0.0840. The first-order valence-electron chi connectivity index (χ1n) is 21.5. The van der Waals surface area contributed by atoms with E-state index in [1.165, 1.54) is 148 Å². The fourth-order valence-corrected chi connectivity index (χ4v) is 10.9. The zero-order valence-electron chi connectivity index (χ0n) is 32.7. The van der Waals surface area contributed by atoms with E-state index in [0.29, 0.717) is 19.5 Å². The van der Waals surface area contributed by atoms with Crippen LogP contribution in [-0.2, 0) is 19.0 Å². The summed E-state index contributed by atoms with van der Waals surface area (Å²) in [5.74, 6) is 5.77. The summed E-state index contributed by atoms with van der Waals surface area (Å²) < 4.78 is 19.0. The minimum Gasteiger partial charge on any atom is -0.462 e. The Morgan fingerprint density at radius 1 is 0.580 bits per heavy atom. The fourth-order valence-electron chi connectivity index (χ4n) is 10.9. The molecule has 7 nitrogen and oxygen atoms in total. The maximum absolute atomic E-state index is 13.3. The molecule has 0 heterocycles. The van der Waals surface area contributed by atoms with Crippen molar-refractivity contribution < 1.29 is 38.3 Å². The Morgan fingerprint density at radius 2 is 1.02 bits per heavy atom. The van der Waals surface area contributed by atoms with Crippen LogP contribution in [0, 0.1) is 41.4 Å². The number of hydrogen-bond acceptors (Lipinski definition) is 4. The summed E-state index contributed by atoms with van der Waals surface area (Å²) in [6, 6.07) is 0. The van der Waals surface area contributed by atoms with E-state index in [0.717, 1.165) is 74.0 Å². The second-order valence-corrected chi connectivity index (χ2v) is 17.5. The van der Waals surface area contributed by atoms with E-state index < -0.39 is 0 Å². The van der Waals surface area contributed by atoms with Crippen molar-refractivity contribution in [1.82, 2.24) is 0 Å². The van der Waals surface area contributed by atoms with Crippen molar-refractivity contribution in [3.05, 3.63) is 0 Å². The predicted octanol–water partition coefficient (Wildman–Crippen LogP) is 10.4. The van der Waals surface area contributed by atoms with Gasteiger partial charge in [0.15, 0.2) is 0 Å². The van der Waals surface area contributed by atoms with Crippen molar-refractivity contribution in [3.63, 3.8) is 0 Å². The van der Waals surface area contributed by atoms with E-state index in [-0.39, 0.29) is 36.8 Å². The van der Waals surface area contributed by atoms with E-state index >= 15 is 0 Å². The van der Waals surface area contributed by atoms with E-state index in [4.69, 9.17) is 14.2 Å². The Labute approximate surface area is 310 Å².